The van der Waals surface area contributed by atoms with E-state index in [-0.39, 0.29) is 24.0 Å². The molecule has 0 radical (unpaired) electrons. The van der Waals surface area contributed by atoms with Crippen molar-refractivity contribution in [2.45, 2.75) is 26.4 Å². The van der Waals surface area contributed by atoms with Crippen LogP contribution in [0.3, 0.4) is 0 Å². The van der Waals surface area contributed by atoms with Crippen LogP contribution in [0.5, 0.6) is 11.6 Å². The summed E-state index contributed by atoms with van der Waals surface area (Å²) in [5.41, 5.74) is 1.59. The lowest BCUT2D eigenvalue weighted by molar-refractivity contribution is 0.0696. The van der Waals surface area contributed by atoms with Crippen molar-refractivity contribution in [3.63, 3.8) is 0 Å². The fraction of sp³-hybridized carbons (Fsp3) is 0.250. The van der Waals surface area contributed by atoms with Crippen molar-refractivity contribution in [1.82, 2.24) is 4.98 Å². The van der Waals surface area contributed by atoms with E-state index < -0.39 is 5.97 Å². The van der Waals surface area contributed by atoms with Crippen LogP contribution >= 0.6 is 0 Å². The number of rotatable bonds is 5. The number of hydrogen-bond acceptors (Lipinski definition) is 4. The Balaban J connectivity index is 2.31. The summed E-state index contributed by atoms with van der Waals surface area (Å²) < 4.78 is 5.60. The van der Waals surface area contributed by atoms with Gasteiger partial charge in [-0.1, -0.05) is 26.0 Å². The monoisotopic (exact) mass is 287 g/mol. The molecule has 1 aromatic heterocycles. The number of benzene rings is 1. The van der Waals surface area contributed by atoms with Gasteiger partial charge in [-0.15, -0.1) is 0 Å². The van der Waals surface area contributed by atoms with Crippen LogP contribution in [0.4, 0.5) is 0 Å². The average molecular weight is 287 g/mol. The van der Waals surface area contributed by atoms with Crippen LogP contribution in [0.1, 0.15) is 41.4 Å². The lowest BCUT2D eigenvalue weighted by Gasteiger charge is -2.10. The number of carboxylic acid groups (broad SMARTS) is 1. The lowest BCUT2D eigenvalue weighted by atomic mass is 10.1. The second-order valence-corrected chi connectivity index (χ2v) is 4.98. The summed E-state index contributed by atoms with van der Waals surface area (Å²) in [7, 11) is 0. The quantitative estimate of drug-likeness (QED) is 0.882. The van der Waals surface area contributed by atoms with Gasteiger partial charge in [0.1, 0.15) is 5.75 Å². The molecule has 0 aliphatic rings. The molecule has 2 rings (SSSR count). The van der Waals surface area contributed by atoms with Crippen molar-refractivity contribution in [1.29, 1.82) is 0 Å². The zero-order valence-corrected chi connectivity index (χ0v) is 11.9. The second kappa shape index (κ2) is 6.37. The summed E-state index contributed by atoms with van der Waals surface area (Å²) in [6, 6.07) is 9.83. The molecule has 2 aromatic rings. The Labute approximate surface area is 122 Å². The molecule has 0 amide bonds. The number of hydrogen-bond donors (Lipinski definition) is 2. The summed E-state index contributed by atoms with van der Waals surface area (Å²) in [4.78, 5) is 15.5. The molecule has 0 aliphatic carbocycles. The molecule has 1 aromatic carbocycles. The van der Waals surface area contributed by atoms with Crippen LogP contribution in [0, 0.1) is 0 Å². The van der Waals surface area contributed by atoms with E-state index in [2.05, 4.69) is 4.98 Å². The minimum absolute atomic E-state index is 0.0372. The van der Waals surface area contributed by atoms with Gasteiger partial charge in [0.25, 0.3) is 0 Å². The number of pyridine rings is 1. The van der Waals surface area contributed by atoms with Crippen molar-refractivity contribution in [3.8, 4) is 11.6 Å². The van der Waals surface area contributed by atoms with E-state index >= 15 is 0 Å². The number of aromatic carboxylic acids is 1. The Morgan fingerprint density at radius 3 is 2.43 bits per heavy atom. The summed E-state index contributed by atoms with van der Waals surface area (Å²) in [6.45, 7) is 3.84. The molecule has 0 atom stereocenters. The number of ether oxygens (including phenoxy) is 1. The number of aromatic nitrogens is 1. The summed E-state index contributed by atoms with van der Waals surface area (Å²) in [6.07, 6.45) is 0. The van der Waals surface area contributed by atoms with Crippen molar-refractivity contribution in [2.24, 2.45) is 0 Å². The van der Waals surface area contributed by atoms with Crippen molar-refractivity contribution >= 4 is 5.97 Å². The molecule has 0 saturated heterocycles. The summed E-state index contributed by atoms with van der Waals surface area (Å²) >= 11 is 0. The van der Waals surface area contributed by atoms with Crippen molar-refractivity contribution in [2.75, 3.05) is 0 Å². The van der Waals surface area contributed by atoms with Crippen LogP contribution in [0.25, 0.3) is 0 Å². The highest BCUT2D eigenvalue weighted by Gasteiger charge is 2.12. The first kappa shape index (κ1) is 15.0. The molecule has 5 heteroatoms. The predicted octanol–water partition coefficient (Wildman–Crippen LogP) is 3.19. The van der Waals surface area contributed by atoms with Gasteiger partial charge in [0.2, 0.25) is 5.88 Å². The largest absolute Gasteiger partial charge is 0.478 e. The van der Waals surface area contributed by atoms with Gasteiger partial charge in [0, 0.05) is 11.8 Å². The van der Waals surface area contributed by atoms with E-state index in [1.54, 1.807) is 30.3 Å². The maximum Gasteiger partial charge on any atom is 0.335 e. The summed E-state index contributed by atoms with van der Waals surface area (Å²) in [5, 5.41) is 18.1. The van der Waals surface area contributed by atoms with Crippen LogP contribution in [-0.4, -0.2) is 21.2 Å². The molecule has 0 aliphatic heterocycles. The third-order valence-corrected chi connectivity index (χ3v) is 2.99. The minimum Gasteiger partial charge on any atom is -0.478 e. The SMILES string of the molecule is CC(C)c1cc(C(=O)O)cc(Oc2ccc(CO)cc2)n1. The fourth-order valence-corrected chi connectivity index (χ4v) is 1.78. The van der Waals surface area contributed by atoms with E-state index in [1.807, 2.05) is 13.8 Å². The Bertz CT molecular complexity index is 635. The van der Waals surface area contributed by atoms with Crippen LogP contribution in [0.15, 0.2) is 36.4 Å². The molecule has 110 valence electrons. The van der Waals surface area contributed by atoms with Crippen LogP contribution in [0.2, 0.25) is 0 Å². The van der Waals surface area contributed by atoms with Gasteiger partial charge in [-0.2, -0.15) is 0 Å². The first-order valence-electron chi connectivity index (χ1n) is 6.62. The standard InChI is InChI=1S/C16H17NO4/c1-10(2)14-7-12(16(19)20)8-15(17-14)21-13-5-3-11(9-18)4-6-13/h3-8,10,18H,9H2,1-2H3,(H,19,20). The molecule has 5 nitrogen and oxygen atoms in total. The Hall–Kier alpha value is -2.40. The van der Waals surface area contributed by atoms with Gasteiger partial charge in [-0.05, 0) is 29.7 Å². The van der Waals surface area contributed by atoms with E-state index in [4.69, 9.17) is 14.9 Å². The highest BCUT2D eigenvalue weighted by Crippen LogP contribution is 2.24. The van der Waals surface area contributed by atoms with Crippen LogP contribution in [-0.2, 0) is 6.61 Å². The molecule has 0 unspecified atom stereocenters. The average Bonchev–Trinajstić information content (AvgIpc) is 2.47. The Morgan fingerprint density at radius 2 is 1.90 bits per heavy atom. The molecule has 0 saturated carbocycles. The van der Waals surface area contributed by atoms with Crippen molar-refractivity contribution in [3.05, 3.63) is 53.2 Å². The molecule has 1 heterocycles. The van der Waals surface area contributed by atoms with Crippen LogP contribution < -0.4 is 4.74 Å². The third-order valence-electron chi connectivity index (χ3n) is 2.99. The molecule has 2 N–H and O–H groups in total. The molecule has 0 fully saturated rings. The molecule has 0 spiro atoms. The third kappa shape index (κ3) is 3.79. The molecule has 21 heavy (non-hydrogen) atoms. The van der Waals surface area contributed by atoms with Crippen molar-refractivity contribution < 1.29 is 19.7 Å². The van der Waals surface area contributed by atoms with Gasteiger partial charge < -0.3 is 14.9 Å². The normalized spacial score (nSPS) is 10.7. The zero-order valence-electron chi connectivity index (χ0n) is 11.9. The van der Waals surface area contributed by atoms with Gasteiger partial charge >= 0.3 is 5.97 Å². The van der Waals surface area contributed by atoms with E-state index in [9.17, 15) is 4.79 Å². The number of carboxylic acids is 1. The number of aliphatic hydroxyl groups excluding tert-OH is 1. The topological polar surface area (TPSA) is 79.7 Å². The number of nitrogens with zero attached hydrogens (tertiary/aromatic N) is 1. The Kier molecular flexibility index (Phi) is 4.55. The fourth-order valence-electron chi connectivity index (χ4n) is 1.78. The predicted molar refractivity (Wildman–Crippen MR) is 77.7 cm³/mol. The van der Waals surface area contributed by atoms with E-state index in [1.165, 1.54) is 6.07 Å². The maximum atomic E-state index is 11.2. The zero-order chi connectivity index (χ0) is 15.4. The van der Waals surface area contributed by atoms with Gasteiger partial charge in [-0.3, -0.25) is 0 Å². The molecule has 0 bridgehead atoms. The lowest BCUT2D eigenvalue weighted by Crippen LogP contribution is -2.03. The highest BCUT2D eigenvalue weighted by molar-refractivity contribution is 5.88. The molecular weight excluding hydrogens is 270 g/mol. The van der Waals surface area contributed by atoms with Gasteiger partial charge in [-0.25, -0.2) is 9.78 Å². The van der Waals surface area contributed by atoms with Gasteiger partial charge in [0.05, 0.1) is 12.2 Å². The minimum atomic E-state index is -1.01. The highest BCUT2D eigenvalue weighted by atomic mass is 16.5. The maximum absolute atomic E-state index is 11.2. The smallest absolute Gasteiger partial charge is 0.335 e. The van der Waals surface area contributed by atoms with E-state index in [0.29, 0.717) is 11.4 Å². The number of carbonyl (C=O) groups is 1. The summed E-state index contributed by atoms with van der Waals surface area (Å²) in [5.74, 6) is -0.129. The van der Waals surface area contributed by atoms with E-state index in [0.717, 1.165) is 5.56 Å². The first-order chi connectivity index (χ1) is 9.99. The first-order valence-corrected chi connectivity index (χ1v) is 6.62. The molecular formula is C16H17NO4. The second-order valence-electron chi connectivity index (χ2n) is 4.98. The van der Waals surface area contributed by atoms with Gasteiger partial charge in [0.15, 0.2) is 0 Å². The number of aliphatic hydroxyl groups is 1. The Morgan fingerprint density at radius 1 is 1.24 bits per heavy atom.